The third-order valence-corrected chi connectivity index (χ3v) is 4.47. The van der Waals surface area contributed by atoms with Crippen LogP contribution in [-0.4, -0.2) is 37.7 Å². The van der Waals surface area contributed by atoms with Gasteiger partial charge in [0.2, 0.25) is 0 Å². The molecule has 1 aliphatic heterocycles. The summed E-state index contributed by atoms with van der Waals surface area (Å²) in [6.45, 7) is 9.68. The van der Waals surface area contributed by atoms with Gasteiger partial charge in [0.05, 0.1) is 0 Å². The fourth-order valence-corrected chi connectivity index (χ4v) is 2.91. The molecule has 1 saturated heterocycles. The SMILES string of the molecule is CC1(C)CCCN(CCOc2ccc(CCN)cc2)CC1. The van der Waals surface area contributed by atoms with E-state index in [1.807, 2.05) is 0 Å². The normalized spacial score (nSPS) is 19.2. The first-order chi connectivity index (χ1) is 10.1. The van der Waals surface area contributed by atoms with Crippen molar-refractivity contribution in [1.29, 1.82) is 0 Å². The maximum absolute atomic E-state index is 5.86. The molecule has 3 heteroatoms. The van der Waals surface area contributed by atoms with E-state index in [0.29, 0.717) is 12.0 Å². The van der Waals surface area contributed by atoms with Crippen molar-refractivity contribution in [3.05, 3.63) is 29.8 Å². The first-order valence-corrected chi connectivity index (χ1v) is 8.23. The second-order valence-electron chi connectivity index (χ2n) is 6.89. The average Bonchev–Trinajstić information content (AvgIpc) is 2.62. The molecule has 3 nitrogen and oxygen atoms in total. The van der Waals surface area contributed by atoms with Gasteiger partial charge in [-0.3, -0.25) is 4.90 Å². The van der Waals surface area contributed by atoms with Crippen LogP contribution in [0.1, 0.15) is 38.7 Å². The van der Waals surface area contributed by atoms with Crippen LogP contribution in [0.5, 0.6) is 5.75 Å². The molecule has 21 heavy (non-hydrogen) atoms. The lowest BCUT2D eigenvalue weighted by molar-refractivity contribution is 0.207. The smallest absolute Gasteiger partial charge is 0.119 e. The van der Waals surface area contributed by atoms with Crippen LogP contribution in [0.25, 0.3) is 0 Å². The van der Waals surface area contributed by atoms with Gasteiger partial charge in [0.15, 0.2) is 0 Å². The number of rotatable bonds is 6. The molecule has 0 aliphatic carbocycles. The van der Waals surface area contributed by atoms with Crippen LogP contribution in [0.2, 0.25) is 0 Å². The summed E-state index contributed by atoms with van der Waals surface area (Å²) in [5.41, 5.74) is 7.34. The number of nitrogens with two attached hydrogens (primary N) is 1. The van der Waals surface area contributed by atoms with E-state index >= 15 is 0 Å². The maximum atomic E-state index is 5.86. The number of hydrogen-bond acceptors (Lipinski definition) is 3. The summed E-state index contributed by atoms with van der Waals surface area (Å²) in [5.74, 6) is 0.964. The minimum Gasteiger partial charge on any atom is -0.492 e. The zero-order valence-corrected chi connectivity index (χ0v) is 13.6. The van der Waals surface area contributed by atoms with Gasteiger partial charge in [-0.2, -0.15) is 0 Å². The van der Waals surface area contributed by atoms with Crippen molar-refractivity contribution < 1.29 is 4.74 Å². The molecule has 0 unspecified atom stereocenters. The lowest BCUT2D eigenvalue weighted by Gasteiger charge is -2.23. The van der Waals surface area contributed by atoms with E-state index in [4.69, 9.17) is 10.5 Å². The highest BCUT2D eigenvalue weighted by Gasteiger charge is 2.22. The summed E-state index contributed by atoms with van der Waals surface area (Å²) in [5, 5.41) is 0. The van der Waals surface area contributed by atoms with Crippen molar-refractivity contribution in [2.24, 2.45) is 11.1 Å². The molecule has 1 heterocycles. The van der Waals surface area contributed by atoms with Crippen LogP contribution in [0.4, 0.5) is 0 Å². The number of likely N-dealkylation sites (tertiary alicyclic amines) is 1. The first-order valence-electron chi connectivity index (χ1n) is 8.23. The molecule has 0 amide bonds. The second-order valence-corrected chi connectivity index (χ2v) is 6.89. The second kappa shape index (κ2) is 7.81. The largest absolute Gasteiger partial charge is 0.492 e. The Balaban J connectivity index is 1.71. The Morgan fingerprint density at radius 2 is 1.90 bits per heavy atom. The quantitative estimate of drug-likeness (QED) is 0.875. The van der Waals surface area contributed by atoms with E-state index in [1.54, 1.807) is 0 Å². The maximum Gasteiger partial charge on any atom is 0.119 e. The molecule has 118 valence electrons. The predicted molar refractivity (Wildman–Crippen MR) is 88.8 cm³/mol. The highest BCUT2D eigenvalue weighted by Crippen LogP contribution is 2.29. The van der Waals surface area contributed by atoms with Crippen molar-refractivity contribution >= 4 is 0 Å². The molecule has 2 N–H and O–H groups in total. The Hall–Kier alpha value is -1.06. The van der Waals surface area contributed by atoms with Crippen molar-refractivity contribution in [3.8, 4) is 5.75 Å². The standard InChI is InChI=1S/C18H30N2O/c1-18(2)9-3-12-20(13-10-18)14-15-21-17-6-4-16(5-7-17)8-11-19/h4-7H,3,8-15,19H2,1-2H3. The molecule has 1 fully saturated rings. The monoisotopic (exact) mass is 290 g/mol. The fourth-order valence-electron chi connectivity index (χ4n) is 2.91. The third-order valence-electron chi connectivity index (χ3n) is 4.47. The van der Waals surface area contributed by atoms with Crippen LogP contribution in [0.3, 0.4) is 0 Å². The molecular weight excluding hydrogens is 260 g/mol. The highest BCUT2D eigenvalue weighted by molar-refractivity contribution is 5.27. The summed E-state index contributed by atoms with van der Waals surface area (Å²) >= 11 is 0. The Morgan fingerprint density at radius 3 is 2.62 bits per heavy atom. The van der Waals surface area contributed by atoms with Crippen LogP contribution in [0.15, 0.2) is 24.3 Å². The van der Waals surface area contributed by atoms with E-state index < -0.39 is 0 Å². The Kier molecular flexibility index (Phi) is 6.07. The Morgan fingerprint density at radius 1 is 1.14 bits per heavy atom. The molecule has 1 aliphatic rings. The summed E-state index contributed by atoms with van der Waals surface area (Å²) in [6.07, 6.45) is 4.87. The van der Waals surface area contributed by atoms with Gasteiger partial charge in [0.1, 0.15) is 12.4 Å². The highest BCUT2D eigenvalue weighted by atomic mass is 16.5. The topological polar surface area (TPSA) is 38.5 Å². The molecular formula is C18H30N2O. The molecule has 2 rings (SSSR count). The number of benzene rings is 1. The van der Waals surface area contributed by atoms with Crippen molar-refractivity contribution in [1.82, 2.24) is 4.90 Å². The fraction of sp³-hybridized carbons (Fsp3) is 0.667. The van der Waals surface area contributed by atoms with Gasteiger partial charge in [-0.25, -0.2) is 0 Å². The first kappa shape index (κ1) is 16.3. The van der Waals surface area contributed by atoms with Gasteiger partial charge in [-0.15, -0.1) is 0 Å². The van der Waals surface area contributed by atoms with Crippen molar-refractivity contribution in [2.45, 2.75) is 39.5 Å². The molecule has 0 radical (unpaired) electrons. The summed E-state index contributed by atoms with van der Waals surface area (Å²) in [4.78, 5) is 2.54. The molecule has 1 aromatic carbocycles. The van der Waals surface area contributed by atoms with Gasteiger partial charge < -0.3 is 10.5 Å². The summed E-state index contributed by atoms with van der Waals surface area (Å²) in [6, 6.07) is 8.32. The molecule has 0 bridgehead atoms. The van der Waals surface area contributed by atoms with Crippen molar-refractivity contribution in [3.63, 3.8) is 0 Å². The zero-order chi connectivity index (χ0) is 15.1. The van der Waals surface area contributed by atoms with Gasteiger partial charge in [-0.05, 0) is 68.4 Å². The summed E-state index contributed by atoms with van der Waals surface area (Å²) in [7, 11) is 0. The van der Waals surface area contributed by atoms with E-state index in [9.17, 15) is 0 Å². The van der Waals surface area contributed by atoms with Crippen LogP contribution in [-0.2, 0) is 6.42 Å². The van der Waals surface area contributed by atoms with Crippen LogP contribution in [0, 0.1) is 5.41 Å². The lowest BCUT2D eigenvalue weighted by Crippen LogP contribution is -2.30. The Bertz CT molecular complexity index is 414. The van der Waals surface area contributed by atoms with Gasteiger partial charge in [-0.1, -0.05) is 26.0 Å². The molecule has 0 saturated carbocycles. The minimum atomic E-state index is 0.508. The number of ether oxygens (including phenoxy) is 1. The van der Waals surface area contributed by atoms with Crippen LogP contribution >= 0.6 is 0 Å². The molecule has 0 atom stereocenters. The minimum absolute atomic E-state index is 0.508. The Labute approximate surface area is 129 Å². The molecule has 0 aromatic heterocycles. The van der Waals surface area contributed by atoms with Crippen LogP contribution < -0.4 is 10.5 Å². The van der Waals surface area contributed by atoms with E-state index in [2.05, 4.69) is 43.0 Å². The zero-order valence-electron chi connectivity index (χ0n) is 13.6. The van der Waals surface area contributed by atoms with Gasteiger partial charge in [0.25, 0.3) is 0 Å². The predicted octanol–water partition coefficient (Wildman–Crippen LogP) is 3.08. The van der Waals surface area contributed by atoms with Crippen molar-refractivity contribution in [2.75, 3.05) is 32.8 Å². The van der Waals surface area contributed by atoms with E-state index in [0.717, 1.165) is 25.3 Å². The molecule has 0 spiro atoms. The third kappa shape index (κ3) is 5.68. The average molecular weight is 290 g/mol. The van der Waals surface area contributed by atoms with E-state index in [-0.39, 0.29) is 0 Å². The number of hydrogen-bond donors (Lipinski definition) is 1. The lowest BCUT2D eigenvalue weighted by atomic mass is 9.85. The van der Waals surface area contributed by atoms with Gasteiger partial charge in [0, 0.05) is 6.54 Å². The van der Waals surface area contributed by atoms with E-state index in [1.165, 1.54) is 37.9 Å². The summed E-state index contributed by atoms with van der Waals surface area (Å²) < 4.78 is 5.86. The van der Waals surface area contributed by atoms with Gasteiger partial charge >= 0.3 is 0 Å². The number of nitrogens with zero attached hydrogens (tertiary/aromatic N) is 1. The molecule has 1 aromatic rings.